The zero-order valence-electron chi connectivity index (χ0n) is 30.6. The second-order valence-corrected chi connectivity index (χ2v) is 13.4. The van der Waals surface area contributed by atoms with E-state index in [1.54, 1.807) is 45.9 Å². The maximum Gasteiger partial charge on any atom is 0.561 e. The van der Waals surface area contributed by atoms with Crippen LogP contribution in [0.1, 0.15) is 5.56 Å². The van der Waals surface area contributed by atoms with Gasteiger partial charge < -0.3 is 35.1 Å². The van der Waals surface area contributed by atoms with Crippen LogP contribution >= 0.6 is 0 Å². The van der Waals surface area contributed by atoms with E-state index in [2.05, 4.69) is 0 Å². The van der Waals surface area contributed by atoms with Gasteiger partial charge in [-0.15, -0.1) is 0 Å². The molecule has 2 aromatic carbocycles. The van der Waals surface area contributed by atoms with E-state index in [0.29, 0.717) is 63.3 Å². The molecule has 0 spiro atoms. The van der Waals surface area contributed by atoms with E-state index < -0.39 is 25.0 Å². The molecule has 3 aromatic rings. The lowest BCUT2D eigenvalue weighted by Crippen LogP contribution is -2.59. The summed E-state index contributed by atoms with van der Waals surface area (Å²) in [7, 11) is 3.34. The van der Waals surface area contributed by atoms with Gasteiger partial charge in [-0.3, -0.25) is 38.8 Å². The van der Waals surface area contributed by atoms with E-state index in [1.165, 1.54) is 0 Å². The average Bonchev–Trinajstić information content (AvgIpc) is 3.10. The summed E-state index contributed by atoms with van der Waals surface area (Å²) in [6.07, 6.45) is 0. The van der Waals surface area contributed by atoms with Crippen molar-refractivity contribution in [1.82, 2.24) is 29.6 Å². The number of hydrogen-bond donors (Lipinski definition) is 5. The number of hydrogen-bond acceptors (Lipinski definition) is 12. The highest BCUT2D eigenvalue weighted by atomic mass is 16.7. The molecule has 5 N–H and O–H groups in total. The minimum Gasteiger partial charge on any atom is -0.480 e. The minimum absolute atomic E-state index is 0.0186. The van der Waals surface area contributed by atoms with Crippen LogP contribution in [0.2, 0.25) is 0 Å². The Balaban J connectivity index is 1.56. The standard InChI is InChI=1S/C35H50BN7O10/c1-37(21-26-8-9-30-29(20-26)27-6-4-5-7-28(27)35(36(51)52)43(30)19-10-38(2)53-3)31(44)22-39-11-13-40(23-32(45)46)15-17-42(25-34(49)50)18-16-41(14-12-39)24-33(47)48/h4-9,20,51-52H,10-19,21-25H2,1-3H3,(H2-,45,46,47,48,49,50)/p+1. The van der Waals surface area contributed by atoms with Gasteiger partial charge in [0.2, 0.25) is 17.0 Å². The van der Waals surface area contributed by atoms with Crippen LogP contribution in [0, 0.1) is 0 Å². The van der Waals surface area contributed by atoms with Gasteiger partial charge in [-0.25, -0.2) is 0 Å². The van der Waals surface area contributed by atoms with E-state index in [9.17, 15) is 44.5 Å². The quantitative estimate of drug-likeness (QED) is 0.0490. The molecule has 288 valence electrons. The first-order valence-corrected chi connectivity index (χ1v) is 17.5. The smallest absolute Gasteiger partial charge is 0.480 e. The lowest BCUT2D eigenvalue weighted by atomic mass is 9.80. The molecule has 1 aromatic heterocycles. The number of hydroxylamine groups is 2. The molecule has 1 fully saturated rings. The zero-order chi connectivity index (χ0) is 38.7. The highest BCUT2D eigenvalue weighted by Gasteiger charge is 2.31. The average molecular weight is 741 g/mol. The Morgan fingerprint density at radius 3 is 1.64 bits per heavy atom. The van der Waals surface area contributed by atoms with Crippen molar-refractivity contribution in [2.24, 2.45) is 0 Å². The number of nitrogens with zero attached hydrogens (tertiary/aromatic N) is 7. The fraction of sp³-hybridized carbons (Fsp3) is 0.514. The van der Waals surface area contributed by atoms with Gasteiger partial charge >= 0.3 is 25.0 Å². The number of aromatic nitrogens is 1. The van der Waals surface area contributed by atoms with Crippen molar-refractivity contribution < 1.29 is 54.0 Å². The van der Waals surface area contributed by atoms with Gasteiger partial charge in [-0.2, -0.15) is 9.63 Å². The summed E-state index contributed by atoms with van der Waals surface area (Å²) in [5.74, 6) is -3.24. The molecule has 1 amide bonds. The van der Waals surface area contributed by atoms with Crippen molar-refractivity contribution in [3.8, 4) is 0 Å². The summed E-state index contributed by atoms with van der Waals surface area (Å²) in [6, 6.07) is 13.3. The van der Waals surface area contributed by atoms with Crippen molar-refractivity contribution in [1.29, 1.82) is 0 Å². The number of fused-ring (bicyclic) bond motifs is 3. The molecule has 4 rings (SSSR count). The lowest BCUT2D eigenvalue weighted by molar-refractivity contribution is -0.655. The third kappa shape index (κ3) is 12.1. The molecule has 0 radical (unpaired) electrons. The molecule has 0 atom stereocenters. The Morgan fingerprint density at radius 1 is 0.717 bits per heavy atom. The third-order valence-electron chi connectivity index (χ3n) is 9.54. The van der Waals surface area contributed by atoms with Crippen molar-refractivity contribution in [2.75, 3.05) is 106 Å². The Morgan fingerprint density at radius 2 is 1.19 bits per heavy atom. The predicted molar refractivity (Wildman–Crippen MR) is 196 cm³/mol. The van der Waals surface area contributed by atoms with Crippen LogP contribution in [-0.4, -0.2) is 192 Å². The normalized spacial score (nSPS) is 16.0. The van der Waals surface area contributed by atoms with Gasteiger partial charge in [-0.1, -0.05) is 24.3 Å². The molecule has 53 heavy (non-hydrogen) atoms. The number of amides is 1. The maximum absolute atomic E-state index is 13.7. The van der Waals surface area contributed by atoms with Crippen LogP contribution in [0.25, 0.3) is 21.7 Å². The zero-order valence-corrected chi connectivity index (χ0v) is 30.6. The first-order chi connectivity index (χ1) is 25.2. The highest BCUT2D eigenvalue weighted by Crippen LogP contribution is 2.24. The van der Waals surface area contributed by atoms with Gasteiger partial charge in [0.25, 0.3) is 0 Å². The van der Waals surface area contributed by atoms with Crippen LogP contribution < -0.4 is 10.2 Å². The number of rotatable bonds is 15. The van der Waals surface area contributed by atoms with Gasteiger partial charge in [0.15, 0.2) is 6.54 Å². The Hall–Kier alpha value is -4.27. The topological polar surface area (TPSA) is 202 Å². The maximum atomic E-state index is 13.7. The van der Waals surface area contributed by atoms with E-state index in [-0.39, 0.29) is 51.7 Å². The number of carboxylic acids is 3. The van der Waals surface area contributed by atoms with Crippen molar-refractivity contribution >= 4 is 58.2 Å². The van der Waals surface area contributed by atoms with Gasteiger partial charge in [0.05, 0.1) is 45.2 Å². The number of carbonyl (C=O) groups excluding carboxylic acids is 1. The van der Waals surface area contributed by atoms with E-state index >= 15 is 0 Å². The van der Waals surface area contributed by atoms with Crippen LogP contribution in [0.5, 0.6) is 0 Å². The second kappa shape index (κ2) is 19.7. The Kier molecular flexibility index (Phi) is 15.4. The third-order valence-corrected chi connectivity index (χ3v) is 9.54. The Bertz CT molecular complexity index is 1720. The van der Waals surface area contributed by atoms with Gasteiger partial charge in [0, 0.05) is 89.8 Å². The van der Waals surface area contributed by atoms with Gasteiger partial charge in [-0.05, 0) is 17.7 Å². The van der Waals surface area contributed by atoms with Crippen LogP contribution in [0.15, 0.2) is 42.5 Å². The summed E-state index contributed by atoms with van der Waals surface area (Å²) in [4.78, 5) is 62.4. The predicted octanol–water partition coefficient (Wildman–Crippen LogP) is -2.11. The van der Waals surface area contributed by atoms with Crippen molar-refractivity contribution in [3.05, 3.63) is 48.0 Å². The molecule has 0 unspecified atom stereocenters. The van der Waals surface area contributed by atoms with Crippen LogP contribution in [0.4, 0.5) is 0 Å². The SMILES string of the molecule is CON(C)CC[n+]1c(B(O)O)c2ccccc2c2cc(CN(C)C(=O)CN3CCN(CC(=O)O)CCN(CC(=O)O)CCN(CC(=O)O)CC3)ccc21. The molecule has 1 saturated heterocycles. The largest absolute Gasteiger partial charge is 0.561 e. The van der Waals surface area contributed by atoms with Crippen molar-refractivity contribution in [3.63, 3.8) is 0 Å². The fourth-order valence-corrected chi connectivity index (χ4v) is 6.66. The number of likely N-dealkylation sites (N-methyl/N-ethyl adjacent to an activating group) is 2. The summed E-state index contributed by atoms with van der Waals surface area (Å²) in [5, 5.41) is 53.4. The summed E-state index contributed by atoms with van der Waals surface area (Å²) < 4.78 is 1.87. The molecule has 2 heterocycles. The first kappa shape index (κ1) is 41.5. The molecule has 0 saturated carbocycles. The van der Waals surface area contributed by atoms with E-state index in [1.807, 2.05) is 51.9 Å². The fourth-order valence-electron chi connectivity index (χ4n) is 6.66. The molecule has 1 aliphatic heterocycles. The summed E-state index contributed by atoms with van der Waals surface area (Å²) in [5.41, 5.74) is 2.01. The van der Waals surface area contributed by atoms with E-state index in [0.717, 1.165) is 21.9 Å². The second-order valence-electron chi connectivity index (χ2n) is 13.4. The first-order valence-electron chi connectivity index (χ1n) is 17.5. The lowest BCUT2D eigenvalue weighted by Gasteiger charge is -2.33. The molecule has 18 heteroatoms. The molecule has 1 aliphatic rings. The molecular weight excluding hydrogens is 689 g/mol. The number of aliphatic carboxylic acids is 3. The highest BCUT2D eigenvalue weighted by molar-refractivity contribution is 6.60. The Labute approximate surface area is 308 Å². The summed E-state index contributed by atoms with van der Waals surface area (Å²) >= 11 is 0. The van der Waals surface area contributed by atoms with Crippen LogP contribution in [0.3, 0.4) is 0 Å². The number of pyridine rings is 1. The number of benzene rings is 2. The van der Waals surface area contributed by atoms with E-state index in [4.69, 9.17) is 4.84 Å². The summed E-state index contributed by atoms with van der Waals surface area (Å²) in [6.45, 7) is 2.92. The number of carbonyl (C=O) groups is 4. The monoisotopic (exact) mass is 740 g/mol. The van der Waals surface area contributed by atoms with Crippen LogP contribution in [-0.2, 0) is 37.1 Å². The molecule has 17 nitrogen and oxygen atoms in total. The molecule has 0 aliphatic carbocycles. The number of carboxylic acid groups (broad SMARTS) is 3. The molecular formula is C35H51BN7O10+. The molecule has 0 bridgehead atoms. The van der Waals surface area contributed by atoms with Gasteiger partial charge in [0.1, 0.15) is 0 Å². The minimum atomic E-state index is -1.72. The van der Waals surface area contributed by atoms with Crippen molar-refractivity contribution in [2.45, 2.75) is 13.1 Å².